The highest BCUT2D eigenvalue weighted by atomic mass is 35.5. The van der Waals surface area contributed by atoms with Gasteiger partial charge in [-0.25, -0.2) is 4.68 Å². The molecule has 0 atom stereocenters. The lowest BCUT2D eigenvalue weighted by molar-refractivity contribution is 0.433. The molecule has 2 aliphatic rings. The monoisotopic (exact) mass is 301 g/mol. The molecule has 0 saturated heterocycles. The molecule has 0 bridgehead atoms. The smallest absolute Gasteiger partial charge is 0.133 e. The fourth-order valence-electron chi connectivity index (χ4n) is 3.67. The van der Waals surface area contributed by atoms with Gasteiger partial charge in [-0.05, 0) is 43.5 Å². The van der Waals surface area contributed by atoms with Crippen molar-refractivity contribution < 1.29 is 0 Å². The second kappa shape index (κ2) is 5.38. The number of fused-ring (bicyclic) bond motifs is 1. The van der Waals surface area contributed by atoms with E-state index in [1.165, 1.54) is 49.2 Å². The summed E-state index contributed by atoms with van der Waals surface area (Å²) >= 11 is 6.00. The minimum absolute atomic E-state index is 0.654. The standard InChI is InChI=1S/C17H20ClN3/c18-13-6-8-14(9-7-13)21-17-15(10-11-19-17)16(20-21)12-4-2-1-3-5-12/h6-9,12,19H,1-5,10-11H2. The average molecular weight is 302 g/mol. The molecule has 110 valence electrons. The lowest BCUT2D eigenvalue weighted by atomic mass is 9.85. The van der Waals surface area contributed by atoms with Crippen molar-refractivity contribution in [3.63, 3.8) is 0 Å². The van der Waals surface area contributed by atoms with Crippen LogP contribution in [0.5, 0.6) is 0 Å². The zero-order valence-corrected chi connectivity index (χ0v) is 12.9. The van der Waals surface area contributed by atoms with E-state index >= 15 is 0 Å². The van der Waals surface area contributed by atoms with E-state index in [9.17, 15) is 0 Å². The number of benzene rings is 1. The van der Waals surface area contributed by atoms with Crippen LogP contribution in [-0.4, -0.2) is 16.3 Å². The van der Waals surface area contributed by atoms with Crippen molar-refractivity contribution in [1.82, 2.24) is 9.78 Å². The molecule has 21 heavy (non-hydrogen) atoms. The van der Waals surface area contributed by atoms with Crippen molar-refractivity contribution in [2.24, 2.45) is 0 Å². The predicted octanol–water partition coefficient (Wildman–Crippen LogP) is 4.54. The Morgan fingerprint density at radius 3 is 2.62 bits per heavy atom. The fourth-order valence-corrected chi connectivity index (χ4v) is 3.80. The summed E-state index contributed by atoms with van der Waals surface area (Å²) in [5.74, 6) is 1.85. The third-order valence-corrected chi connectivity index (χ3v) is 5.00. The summed E-state index contributed by atoms with van der Waals surface area (Å²) in [4.78, 5) is 0. The van der Waals surface area contributed by atoms with Crippen LogP contribution < -0.4 is 5.32 Å². The minimum Gasteiger partial charge on any atom is -0.369 e. The minimum atomic E-state index is 0.654. The Bertz CT molecular complexity index is 639. The fraction of sp³-hybridized carbons (Fsp3) is 0.471. The molecule has 1 fully saturated rings. The highest BCUT2D eigenvalue weighted by Gasteiger charge is 2.28. The van der Waals surface area contributed by atoms with Gasteiger partial charge in [0, 0.05) is 23.0 Å². The predicted molar refractivity (Wildman–Crippen MR) is 86.6 cm³/mol. The van der Waals surface area contributed by atoms with Gasteiger partial charge in [-0.2, -0.15) is 5.10 Å². The maximum atomic E-state index is 6.00. The van der Waals surface area contributed by atoms with Crippen LogP contribution >= 0.6 is 11.6 Å². The van der Waals surface area contributed by atoms with E-state index in [4.69, 9.17) is 16.7 Å². The molecule has 2 heterocycles. The normalized spacial score (nSPS) is 18.5. The molecule has 0 radical (unpaired) electrons. The first-order chi connectivity index (χ1) is 10.3. The SMILES string of the molecule is Clc1ccc(-n2nc(C3CCCCC3)c3c2NCC3)cc1. The third kappa shape index (κ3) is 2.34. The van der Waals surface area contributed by atoms with Crippen LogP contribution in [0.15, 0.2) is 24.3 Å². The second-order valence-electron chi connectivity index (χ2n) is 6.11. The Kier molecular flexibility index (Phi) is 3.38. The summed E-state index contributed by atoms with van der Waals surface area (Å²) in [6.45, 7) is 1.03. The molecule has 0 spiro atoms. The first kappa shape index (κ1) is 13.2. The van der Waals surface area contributed by atoms with Crippen molar-refractivity contribution in [2.45, 2.75) is 44.4 Å². The summed E-state index contributed by atoms with van der Waals surface area (Å²) < 4.78 is 2.07. The molecule has 1 N–H and O–H groups in total. The van der Waals surface area contributed by atoms with Crippen LogP contribution in [0.25, 0.3) is 5.69 Å². The van der Waals surface area contributed by atoms with Crippen LogP contribution in [0.4, 0.5) is 5.82 Å². The molecule has 1 aromatic heterocycles. The average Bonchev–Trinajstić information content (AvgIpc) is 3.11. The third-order valence-electron chi connectivity index (χ3n) is 4.75. The van der Waals surface area contributed by atoms with Crippen LogP contribution in [-0.2, 0) is 6.42 Å². The van der Waals surface area contributed by atoms with Gasteiger partial charge in [0.05, 0.1) is 11.4 Å². The van der Waals surface area contributed by atoms with Gasteiger partial charge in [0.2, 0.25) is 0 Å². The molecule has 1 aromatic carbocycles. The van der Waals surface area contributed by atoms with E-state index in [-0.39, 0.29) is 0 Å². The number of rotatable bonds is 2. The number of nitrogens with zero attached hydrogens (tertiary/aromatic N) is 2. The maximum absolute atomic E-state index is 6.00. The highest BCUT2D eigenvalue weighted by Crippen LogP contribution is 2.38. The van der Waals surface area contributed by atoms with Crippen LogP contribution in [0, 0.1) is 0 Å². The van der Waals surface area contributed by atoms with E-state index in [0.29, 0.717) is 5.92 Å². The summed E-state index contributed by atoms with van der Waals surface area (Å²) in [6, 6.07) is 7.95. The van der Waals surface area contributed by atoms with Crippen LogP contribution in [0.2, 0.25) is 5.02 Å². The van der Waals surface area contributed by atoms with Gasteiger partial charge in [0.15, 0.2) is 0 Å². The molecule has 4 heteroatoms. The number of nitrogens with one attached hydrogen (secondary N) is 1. The molecular weight excluding hydrogens is 282 g/mol. The van der Waals surface area contributed by atoms with Gasteiger partial charge in [-0.15, -0.1) is 0 Å². The van der Waals surface area contributed by atoms with E-state index in [0.717, 1.165) is 23.7 Å². The van der Waals surface area contributed by atoms with E-state index in [2.05, 4.69) is 10.00 Å². The lowest BCUT2D eigenvalue weighted by Crippen LogP contribution is -2.09. The summed E-state index contributed by atoms with van der Waals surface area (Å²) in [5.41, 5.74) is 3.87. The summed E-state index contributed by atoms with van der Waals surface area (Å²) in [7, 11) is 0. The first-order valence-electron chi connectivity index (χ1n) is 7.94. The quantitative estimate of drug-likeness (QED) is 0.882. The van der Waals surface area contributed by atoms with Crippen molar-refractivity contribution in [3.05, 3.63) is 40.5 Å². The molecule has 3 nitrogen and oxygen atoms in total. The molecule has 1 aliphatic heterocycles. The molecular formula is C17H20ClN3. The number of halogens is 1. The van der Waals surface area contributed by atoms with Gasteiger partial charge in [-0.3, -0.25) is 0 Å². The zero-order chi connectivity index (χ0) is 14.2. The Balaban J connectivity index is 1.76. The zero-order valence-electron chi connectivity index (χ0n) is 12.1. The number of hydrogen-bond donors (Lipinski definition) is 1. The van der Waals surface area contributed by atoms with Gasteiger partial charge in [-0.1, -0.05) is 30.9 Å². The van der Waals surface area contributed by atoms with Gasteiger partial charge < -0.3 is 5.32 Å². The number of anilines is 1. The molecule has 4 rings (SSSR count). The van der Waals surface area contributed by atoms with Crippen molar-refractivity contribution in [1.29, 1.82) is 0 Å². The van der Waals surface area contributed by atoms with Gasteiger partial charge in [0.1, 0.15) is 5.82 Å². The van der Waals surface area contributed by atoms with Gasteiger partial charge >= 0.3 is 0 Å². The molecule has 1 saturated carbocycles. The Morgan fingerprint density at radius 1 is 1.10 bits per heavy atom. The number of hydrogen-bond acceptors (Lipinski definition) is 2. The van der Waals surface area contributed by atoms with Crippen molar-refractivity contribution >= 4 is 17.4 Å². The summed E-state index contributed by atoms with van der Waals surface area (Å²) in [6.07, 6.45) is 7.78. The van der Waals surface area contributed by atoms with Gasteiger partial charge in [0.25, 0.3) is 0 Å². The van der Waals surface area contributed by atoms with Crippen LogP contribution in [0.1, 0.15) is 49.3 Å². The van der Waals surface area contributed by atoms with Crippen LogP contribution in [0.3, 0.4) is 0 Å². The molecule has 1 aliphatic carbocycles. The molecule has 0 unspecified atom stereocenters. The Hall–Kier alpha value is -1.48. The van der Waals surface area contributed by atoms with E-state index in [1.807, 2.05) is 24.3 Å². The van der Waals surface area contributed by atoms with E-state index in [1.54, 1.807) is 0 Å². The molecule has 0 amide bonds. The largest absolute Gasteiger partial charge is 0.369 e. The van der Waals surface area contributed by atoms with E-state index < -0.39 is 0 Å². The highest BCUT2D eigenvalue weighted by molar-refractivity contribution is 6.30. The second-order valence-corrected chi connectivity index (χ2v) is 6.55. The van der Waals surface area contributed by atoms with Crippen molar-refractivity contribution in [3.8, 4) is 5.69 Å². The topological polar surface area (TPSA) is 29.9 Å². The Morgan fingerprint density at radius 2 is 1.86 bits per heavy atom. The van der Waals surface area contributed by atoms with Crippen molar-refractivity contribution in [2.75, 3.05) is 11.9 Å². The maximum Gasteiger partial charge on any atom is 0.133 e. The molecule has 2 aromatic rings. The first-order valence-corrected chi connectivity index (χ1v) is 8.32. The Labute approximate surface area is 130 Å². The summed E-state index contributed by atoms with van der Waals surface area (Å²) in [5, 5.41) is 9.24. The number of aromatic nitrogens is 2. The lowest BCUT2D eigenvalue weighted by Gasteiger charge is -2.20.